The van der Waals surface area contributed by atoms with Crippen LogP contribution in [0.1, 0.15) is 39.0 Å². The number of unbranched alkanes of at least 4 members (excludes halogenated alkanes) is 2. The fraction of sp³-hybridized carbons (Fsp3) is 0.250. The van der Waals surface area contributed by atoms with Crippen LogP contribution in [0.15, 0.2) is 134 Å². The highest BCUT2D eigenvalue weighted by molar-refractivity contribution is 7.73. The van der Waals surface area contributed by atoms with Crippen LogP contribution >= 0.6 is 7.92 Å². The Bertz CT molecular complexity index is 929. The second-order valence-corrected chi connectivity index (χ2v) is 11.6. The van der Waals surface area contributed by atoms with Crippen LogP contribution in [0.4, 0.5) is 0 Å². The maximum Gasteiger partial charge on any atom is 0.0966 e. The van der Waals surface area contributed by atoms with Crippen LogP contribution in [-0.4, -0.2) is 11.7 Å². The van der Waals surface area contributed by atoms with Crippen molar-refractivity contribution in [1.29, 1.82) is 0 Å². The van der Waals surface area contributed by atoms with Crippen LogP contribution in [0.25, 0.3) is 0 Å². The standard InChI is InChI=1S/C24H30NP.C6H6.C2H5N/c1-24(25)18-16-21(17-19-24)11-5-4-10-20-26(22-12-6-2-7-13-22)23-14-8-3-9-15-23;1-2-4-6-5-3-1;1-2-3/h2-3,6-9,12-18H,4-5,10-11,19-20,25H2,1H3;1-6H;2H,1,3H2/p+1. The van der Waals surface area contributed by atoms with Gasteiger partial charge in [0.25, 0.3) is 0 Å². The van der Waals surface area contributed by atoms with Crippen LogP contribution in [0, 0.1) is 0 Å². The molecule has 3 heteroatoms. The Hall–Kier alpha value is -2.93. The minimum Gasteiger partial charge on any atom is -0.405 e. The van der Waals surface area contributed by atoms with Crippen molar-refractivity contribution in [3.63, 3.8) is 0 Å². The Balaban J connectivity index is 0.000000406. The molecule has 0 aliphatic heterocycles. The number of hydrogen-bond donors (Lipinski definition) is 2. The smallest absolute Gasteiger partial charge is 0.0966 e. The normalized spacial score (nSPS) is 16.3. The first kappa shape index (κ1) is 28.3. The molecule has 1 aliphatic rings. The molecule has 35 heavy (non-hydrogen) atoms. The number of hydrogen-bond acceptors (Lipinski definition) is 2. The van der Waals surface area contributed by atoms with Gasteiger partial charge in [0.1, 0.15) is 0 Å². The summed E-state index contributed by atoms with van der Waals surface area (Å²) < 4.78 is 0. The van der Waals surface area contributed by atoms with Gasteiger partial charge in [-0.05, 0) is 69.5 Å². The molecule has 0 amide bonds. The highest BCUT2D eigenvalue weighted by Crippen LogP contribution is 2.35. The lowest BCUT2D eigenvalue weighted by molar-refractivity contribution is 0.582. The highest BCUT2D eigenvalue weighted by atomic mass is 31.1. The summed E-state index contributed by atoms with van der Waals surface area (Å²) in [6, 6.07) is 34.2. The largest absolute Gasteiger partial charge is 0.405 e. The summed E-state index contributed by atoms with van der Waals surface area (Å²) in [5.74, 6) is 0. The molecule has 0 aromatic heterocycles. The Morgan fingerprint density at radius 1 is 0.800 bits per heavy atom. The van der Waals surface area contributed by atoms with Gasteiger partial charge in [0, 0.05) is 5.54 Å². The summed E-state index contributed by atoms with van der Waals surface area (Å²) in [4.78, 5) is 0. The number of allylic oxidation sites excluding steroid dienone is 2. The average molecular weight is 486 g/mol. The summed E-state index contributed by atoms with van der Waals surface area (Å²) in [7, 11) is -0.665. The van der Waals surface area contributed by atoms with E-state index in [1.54, 1.807) is 0 Å². The van der Waals surface area contributed by atoms with E-state index in [2.05, 4.69) is 98.1 Å². The van der Waals surface area contributed by atoms with Gasteiger partial charge in [-0.3, -0.25) is 0 Å². The molecule has 3 aromatic rings. The fourth-order valence-corrected chi connectivity index (χ4v) is 6.60. The molecule has 0 heterocycles. The summed E-state index contributed by atoms with van der Waals surface area (Å²) >= 11 is 0. The summed E-state index contributed by atoms with van der Waals surface area (Å²) in [5, 5.41) is 3.06. The zero-order valence-corrected chi connectivity index (χ0v) is 22.2. The molecule has 0 spiro atoms. The second kappa shape index (κ2) is 16.7. The third-order valence-electron chi connectivity index (χ3n) is 5.79. The molecule has 4 N–H and O–H groups in total. The monoisotopic (exact) mass is 485 g/mol. The van der Waals surface area contributed by atoms with Crippen molar-refractivity contribution in [3.8, 4) is 0 Å². The van der Waals surface area contributed by atoms with E-state index >= 15 is 0 Å². The SMILES string of the molecule is C=CN.CC1(N)C=CC(CCCCC[PH+](c2ccccc2)c2ccccc2)=CC1.c1ccccc1. The molecule has 1 atom stereocenters. The maximum atomic E-state index is 6.13. The van der Waals surface area contributed by atoms with Crippen molar-refractivity contribution in [2.24, 2.45) is 11.5 Å². The first-order chi connectivity index (χ1) is 17.1. The van der Waals surface area contributed by atoms with Gasteiger partial charge in [-0.2, -0.15) is 0 Å². The molecular formula is C32H42N2P+. The molecular weight excluding hydrogens is 443 g/mol. The van der Waals surface area contributed by atoms with Gasteiger partial charge in [-0.25, -0.2) is 0 Å². The number of nitrogens with two attached hydrogens (primary N) is 2. The lowest BCUT2D eigenvalue weighted by atomic mass is 9.90. The van der Waals surface area contributed by atoms with Crippen molar-refractivity contribution >= 4 is 18.5 Å². The molecule has 184 valence electrons. The van der Waals surface area contributed by atoms with Crippen molar-refractivity contribution in [2.75, 3.05) is 6.16 Å². The lowest BCUT2D eigenvalue weighted by Gasteiger charge is -2.22. The topological polar surface area (TPSA) is 52.0 Å². The first-order valence-electron chi connectivity index (χ1n) is 12.5. The van der Waals surface area contributed by atoms with E-state index in [0.717, 1.165) is 6.42 Å². The van der Waals surface area contributed by atoms with Crippen molar-refractivity contribution in [3.05, 3.63) is 134 Å². The molecule has 0 saturated heterocycles. The quantitative estimate of drug-likeness (QED) is 0.273. The van der Waals surface area contributed by atoms with E-state index < -0.39 is 7.92 Å². The lowest BCUT2D eigenvalue weighted by Crippen LogP contribution is -2.34. The zero-order chi connectivity index (χ0) is 25.2. The first-order valence-corrected chi connectivity index (χ1v) is 14.2. The van der Waals surface area contributed by atoms with Crippen LogP contribution in [0.3, 0.4) is 0 Å². The summed E-state index contributed by atoms with van der Waals surface area (Å²) in [5.41, 5.74) is 12.1. The Labute approximate surface area is 214 Å². The van der Waals surface area contributed by atoms with Crippen LogP contribution < -0.4 is 22.1 Å². The third kappa shape index (κ3) is 11.9. The minimum atomic E-state index is -0.665. The third-order valence-corrected chi connectivity index (χ3v) is 8.70. The summed E-state index contributed by atoms with van der Waals surface area (Å²) in [6.07, 6.45) is 15.3. The molecule has 0 bridgehead atoms. The van der Waals surface area contributed by atoms with E-state index in [1.807, 2.05) is 36.4 Å². The molecule has 1 unspecified atom stereocenters. The zero-order valence-electron chi connectivity index (χ0n) is 21.2. The van der Waals surface area contributed by atoms with Gasteiger partial charge in [-0.15, -0.1) is 0 Å². The van der Waals surface area contributed by atoms with Gasteiger partial charge in [0.15, 0.2) is 0 Å². The van der Waals surface area contributed by atoms with Crippen molar-refractivity contribution in [2.45, 2.75) is 44.6 Å². The van der Waals surface area contributed by atoms with Gasteiger partial charge in [0.05, 0.1) is 24.7 Å². The molecule has 3 aromatic carbocycles. The fourth-order valence-electron chi connectivity index (χ4n) is 3.90. The minimum absolute atomic E-state index is 0.147. The van der Waals surface area contributed by atoms with Crippen LogP contribution in [0.5, 0.6) is 0 Å². The van der Waals surface area contributed by atoms with Crippen LogP contribution in [0.2, 0.25) is 0 Å². The molecule has 0 fully saturated rings. The molecule has 0 radical (unpaired) electrons. The Morgan fingerprint density at radius 2 is 1.26 bits per heavy atom. The molecule has 0 saturated carbocycles. The predicted molar refractivity (Wildman–Crippen MR) is 159 cm³/mol. The van der Waals surface area contributed by atoms with E-state index in [9.17, 15) is 0 Å². The van der Waals surface area contributed by atoms with E-state index in [4.69, 9.17) is 5.73 Å². The second-order valence-electron chi connectivity index (χ2n) is 8.98. The van der Waals surface area contributed by atoms with Gasteiger partial charge in [0.2, 0.25) is 0 Å². The highest BCUT2D eigenvalue weighted by Gasteiger charge is 2.21. The number of benzene rings is 3. The maximum absolute atomic E-state index is 6.13. The Morgan fingerprint density at radius 3 is 1.69 bits per heavy atom. The molecule has 1 aliphatic carbocycles. The van der Waals surface area contributed by atoms with E-state index in [1.165, 1.54) is 54.2 Å². The van der Waals surface area contributed by atoms with E-state index in [-0.39, 0.29) is 5.54 Å². The molecule has 2 nitrogen and oxygen atoms in total. The van der Waals surface area contributed by atoms with Crippen molar-refractivity contribution in [1.82, 2.24) is 0 Å². The van der Waals surface area contributed by atoms with Crippen molar-refractivity contribution < 1.29 is 0 Å². The number of rotatable bonds is 8. The summed E-state index contributed by atoms with van der Waals surface area (Å²) in [6.45, 7) is 5.23. The van der Waals surface area contributed by atoms with E-state index in [0.29, 0.717) is 0 Å². The Kier molecular flexibility index (Phi) is 13.5. The predicted octanol–water partition coefficient (Wildman–Crippen LogP) is 6.79. The van der Waals surface area contributed by atoms with Gasteiger partial charge < -0.3 is 11.5 Å². The van der Waals surface area contributed by atoms with Gasteiger partial charge >= 0.3 is 0 Å². The average Bonchev–Trinajstić information content (AvgIpc) is 2.90. The van der Waals surface area contributed by atoms with Gasteiger partial charge in [-0.1, -0.05) is 103 Å². The molecule has 4 rings (SSSR count). The van der Waals surface area contributed by atoms with Crippen LogP contribution in [-0.2, 0) is 0 Å².